The Morgan fingerprint density at radius 3 is 1.77 bits per heavy atom. The van der Waals surface area contributed by atoms with E-state index >= 15 is 0 Å². The van der Waals surface area contributed by atoms with E-state index in [9.17, 15) is 0 Å². The number of fused-ring (bicyclic) bond motifs is 1. The average molecular weight is 361 g/mol. The van der Waals surface area contributed by atoms with Gasteiger partial charge in [-0.15, -0.1) is 5.10 Å². The SMILES string of the molecule is CCCCCCCCCCCCCCCCCc1cc2nc(C)nn2[nH]1. The van der Waals surface area contributed by atoms with E-state index in [1.807, 2.05) is 6.92 Å². The fraction of sp³-hybridized carbons (Fsp3) is 0.818. The lowest BCUT2D eigenvalue weighted by molar-refractivity contribution is 0.531. The molecular weight excluding hydrogens is 320 g/mol. The Morgan fingerprint density at radius 2 is 1.27 bits per heavy atom. The third kappa shape index (κ3) is 8.37. The molecule has 2 aromatic rings. The van der Waals surface area contributed by atoms with E-state index in [0.29, 0.717) is 0 Å². The number of aromatic amines is 1. The smallest absolute Gasteiger partial charge is 0.175 e. The standard InChI is InChI=1S/C22H40N4/c1-3-4-5-6-7-8-9-10-11-12-13-14-15-16-17-18-21-19-22-23-20(2)24-26(22)25-21/h19,25H,3-18H2,1-2H3. The highest BCUT2D eigenvalue weighted by molar-refractivity contribution is 5.38. The number of unbranched alkanes of at least 4 members (excludes halogenated alkanes) is 14. The molecule has 0 aromatic carbocycles. The van der Waals surface area contributed by atoms with Gasteiger partial charge in [0.05, 0.1) is 0 Å². The Bertz CT molecular complexity index is 552. The molecule has 0 unspecified atom stereocenters. The van der Waals surface area contributed by atoms with Crippen LogP contribution in [0.1, 0.15) is 115 Å². The van der Waals surface area contributed by atoms with Gasteiger partial charge in [0.1, 0.15) is 5.82 Å². The van der Waals surface area contributed by atoms with Gasteiger partial charge in [-0.3, -0.25) is 5.10 Å². The fourth-order valence-electron chi connectivity index (χ4n) is 3.75. The summed E-state index contributed by atoms with van der Waals surface area (Å²) in [4.78, 5) is 4.38. The third-order valence-electron chi connectivity index (χ3n) is 5.34. The van der Waals surface area contributed by atoms with E-state index in [4.69, 9.17) is 0 Å². The minimum atomic E-state index is 0.828. The van der Waals surface area contributed by atoms with E-state index in [-0.39, 0.29) is 0 Å². The molecule has 4 heteroatoms. The van der Waals surface area contributed by atoms with E-state index < -0.39 is 0 Å². The highest BCUT2D eigenvalue weighted by atomic mass is 15.5. The molecule has 0 bridgehead atoms. The second-order valence-corrected chi connectivity index (χ2v) is 7.91. The van der Waals surface area contributed by atoms with E-state index in [0.717, 1.165) is 17.9 Å². The predicted molar refractivity (Wildman–Crippen MR) is 111 cm³/mol. The topological polar surface area (TPSA) is 46.0 Å². The maximum absolute atomic E-state index is 4.38. The van der Waals surface area contributed by atoms with Gasteiger partial charge in [-0.05, 0) is 19.8 Å². The normalized spacial score (nSPS) is 11.6. The Hall–Kier alpha value is -1.32. The first-order valence-electron chi connectivity index (χ1n) is 11.2. The summed E-state index contributed by atoms with van der Waals surface area (Å²) in [5.41, 5.74) is 2.20. The third-order valence-corrected chi connectivity index (χ3v) is 5.34. The molecule has 0 saturated carbocycles. The van der Waals surface area contributed by atoms with Gasteiger partial charge in [0, 0.05) is 11.8 Å². The van der Waals surface area contributed by atoms with Crippen LogP contribution in [-0.2, 0) is 6.42 Å². The molecule has 0 aliphatic rings. The van der Waals surface area contributed by atoms with E-state index in [1.54, 1.807) is 4.63 Å². The number of H-pyrrole nitrogens is 1. The van der Waals surface area contributed by atoms with Crippen molar-refractivity contribution in [3.05, 3.63) is 17.6 Å². The van der Waals surface area contributed by atoms with Crippen LogP contribution in [0.25, 0.3) is 5.65 Å². The number of hydrogen-bond donors (Lipinski definition) is 1. The van der Waals surface area contributed by atoms with E-state index in [2.05, 4.69) is 28.2 Å². The lowest BCUT2D eigenvalue weighted by Crippen LogP contribution is -1.91. The summed E-state index contributed by atoms with van der Waals surface area (Å²) < 4.78 is 1.79. The quantitative estimate of drug-likeness (QED) is 0.335. The molecule has 0 fully saturated rings. The molecule has 2 rings (SSSR count). The van der Waals surface area contributed by atoms with Crippen molar-refractivity contribution in [3.63, 3.8) is 0 Å². The Labute approximate surface area is 160 Å². The summed E-state index contributed by atoms with van der Waals surface area (Å²) in [7, 11) is 0. The van der Waals surface area contributed by atoms with Crippen molar-refractivity contribution < 1.29 is 0 Å². The van der Waals surface area contributed by atoms with Gasteiger partial charge in [-0.2, -0.15) is 4.63 Å². The average Bonchev–Trinajstić information content (AvgIpc) is 3.15. The van der Waals surface area contributed by atoms with Crippen LogP contribution in [0.4, 0.5) is 0 Å². The number of hydrogen-bond acceptors (Lipinski definition) is 2. The van der Waals surface area contributed by atoms with Crippen LogP contribution in [0.3, 0.4) is 0 Å². The monoisotopic (exact) mass is 360 g/mol. The van der Waals surface area contributed by atoms with Gasteiger partial charge in [0.25, 0.3) is 0 Å². The summed E-state index contributed by atoms with van der Waals surface area (Å²) in [6.07, 6.45) is 22.3. The minimum absolute atomic E-state index is 0.828. The highest BCUT2D eigenvalue weighted by Crippen LogP contribution is 2.14. The first-order valence-corrected chi connectivity index (χ1v) is 11.2. The van der Waals surface area contributed by atoms with Gasteiger partial charge in [-0.1, -0.05) is 96.8 Å². The molecular formula is C22H40N4. The lowest BCUT2D eigenvalue weighted by atomic mass is 10.0. The fourth-order valence-corrected chi connectivity index (χ4v) is 3.75. The maximum atomic E-state index is 4.38. The van der Waals surface area contributed by atoms with Crippen LogP contribution in [-0.4, -0.2) is 19.8 Å². The molecule has 0 radical (unpaired) electrons. The first kappa shape index (κ1) is 21.0. The lowest BCUT2D eigenvalue weighted by Gasteiger charge is -2.03. The number of nitrogens with one attached hydrogen (secondary N) is 1. The number of aromatic nitrogens is 4. The summed E-state index contributed by atoms with van der Waals surface area (Å²) in [6.45, 7) is 4.22. The van der Waals surface area contributed by atoms with Crippen LogP contribution in [0.15, 0.2) is 6.07 Å². The second kappa shape index (κ2) is 12.9. The highest BCUT2D eigenvalue weighted by Gasteiger charge is 2.04. The van der Waals surface area contributed by atoms with Crippen molar-refractivity contribution in [1.82, 2.24) is 19.8 Å². The molecule has 2 aromatic heterocycles. The van der Waals surface area contributed by atoms with Crippen LogP contribution in [0.2, 0.25) is 0 Å². The molecule has 26 heavy (non-hydrogen) atoms. The van der Waals surface area contributed by atoms with Crippen LogP contribution in [0, 0.1) is 6.92 Å². The molecule has 4 nitrogen and oxygen atoms in total. The first-order chi connectivity index (χ1) is 12.8. The van der Waals surface area contributed by atoms with Crippen molar-refractivity contribution in [3.8, 4) is 0 Å². The van der Waals surface area contributed by atoms with Crippen molar-refractivity contribution >= 4 is 5.65 Å². The molecule has 148 valence electrons. The molecule has 0 aliphatic carbocycles. The number of aryl methyl sites for hydroxylation is 2. The van der Waals surface area contributed by atoms with Gasteiger partial charge in [-0.25, -0.2) is 4.98 Å². The molecule has 0 aliphatic heterocycles. The van der Waals surface area contributed by atoms with Crippen molar-refractivity contribution in [2.45, 2.75) is 117 Å². The van der Waals surface area contributed by atoms with Crippen LogP contribution >= 0.6 is 0 Å². The summed E-state index contributed by atoms with van der Waals surface area (Å²) in [6, 6.07) is 2.13. The Morgan fingerprint density at radius 1 is 0.769 bits per heavy atom. The zero-order valence-corrected chi connectivity index (χ0v) is 17.2. The molecule has 0 amide bonds. The van der Waals surface area contributed by atoms with Gasteiger partial charge >= 0.3 is 0 Å². The number of nitrogens with zero attached hydrogens (tertiary/aromatic N) is 3. The Kier molecular flexibility index (Phi) is 10.4. The predicted octanol–water partition coefficient (Wildman–Crippen LogP) is 6.78. The van der Waals surface area contributed by atoms with Crippen molar-refractivity contribution in [1.29, 1.82) is 0 Å². The zero-order chi connectivity index (χ0) is 18.5. The molecule has 1 N–H and O–H groups in total. The minimum Gasteiger partial charge on any atom is -0.280 e. The molecule has 0 spiro atoms. The molecule has 0 atom stereocenters. The zero-order valence-electron chi connectivity index (χ0n) is 17.2. The van der Waals surface area contributed by atoms with E-state index in [1.165, 1.54) is 102 Å². The molecule has 0 saturated heterocycles. The van der Waals surface area contributed by atoms with Crippen LogP contribution < -0.4 is 0 Å². The van der Waals surface area contributed by atoms with Crippen molar-refractivity contribution in [2.24, 2.45) is 0 Å². The largest absolute Gasteiger partial charge is 0.280 e. The summed E-state index contributed by atoms with van der Waals surface area (Å²) in [5.74, 6) is 0.828. The summed E-state index contributed by atoms with van der Waals surface area (Å²) >= 11 is 0. The summed E-state index contributed by atoms with van der Waals surface area (Å²) in [5, 5.41) is 7.61. The van der Waals surface area contributed by atoms with Crippen molar-refractivity contribution in [2.75, 3.05) is 0 Å². The van der Waals surface area contributed by atoms with Crippen LogP contribution in [0.5, 0.6) is 0 Å². The van der Waals surface area contributed by atoms with Gasteiger partial charge in [0.15, 0.2) is 5.65 Å². The van der Waals surface area contributed by atoms with Gasteiger partial charge < -0.3 is 0 Å². The van der Waals surface area contributed by atoms with Gasteiger partial charge in [0.2, 0.25) is 0 Å². The maximum Gasteiger partial charge on any atom is 0.175 e. The molecule has 2 heterocycles. The second-order valence-electron chi connectivity index (χ2n) is 7.91. The number of rotatable bonds is 16. The Balaban J connectivity index is 1.33.